The minimum absolute atomic E-state index is 0.0485. The number of methoxy groups -OCH3 is 1. The zero-order valence-electron chi connectivity index (χ0n) is 11.6. The number of aliphatic hydroxyl groups excluding tert-OH is 1. The molecular weight excluding hydrogens is 256 g/mol. The van der Waals surface area contributed by atoms with Crippen LogP contribution in [-0.4, -0.2) is 36.9 Å². The average Bonchev–Trinajstić information content (AvgIpc) is 3.01. The van der Waals surface area contributed by atoms with E-state index in [0.29, 0.717) is 36.7 Å². The molecule has 106 valence electrons. The number of ketones is 1. The zero-order valence-corrected chi connectivity index (χ0v) is 11.6. The molecule has 2 N–H and O–H groups in total. The van der Waals surface area contributed by atoms with Gasteiger partial charge in [0.15, 0.2) is 5.78 Å². The van der Waals surface area contributed by atoms with E-state index in [1.54, 1.807) is 38.3 Å². The lowest BCUT2D eigenvalue weighted by Gasteiger charge is -2.10. The molecule has 0 aliphatic carbocycles. The Kier molecular flexibility index (Phi) is 4.40. The molecule has 1 aromatic rings. The molecule has 1 aliphatic rings. The average molecular weight is 274 g/mol. The summed E-state index contributed by atoms with van der Waals surface area (Å²) in [6.07, 6.45) is 0.316. The molecule has 5 heteroatoms. The number of Topliss-reactive ketones (excluding diaryl/α,β-unsaturated/α-hetero) is 1. The predicted molar refractivity (Wildman–Crippen MR) is 78.1 cm³/mol. The van der Waals surface area contributed by atoms with Crippen molar-refractivity contribution in [2.75, 3.05) is 20.2 Å². The summed E-state index contributed by atoms with van der Waals surface area (Å²) in [7, 11) is 1.58. The Labute approximate surface area is 118 Å². The van der Waals surface area contributed by atoms with Crippen molar-refractivity contribution < 1.29 is 14.6 Å². The van der Waals surface area contributed by atoms with Crippen molar-refractivity contribution in [3.8, 4) is 5.75 Å². The summed E-state index contributed by atoms with van der Waals surface area (Å²) < 4.78 is 5.08. The summed E-state index contributed by atoms with van der Waals surface area (Å²) in [5.41, 5.74) is 0.828. The van der Waals surface area contributed by atoms with E-state index in [9.17, 15) is 9.90 Å². The van der Waals surface area contributed by atoms with Crippen molar-refractivity contribution in [2.24, 2.45) is 4.99 Å². The van der Waals surface area contributed by atoms with E-state index in [-0.39, 0.29) is 17.1 Å². The van der Waals surface area contributed by atoms with Crippen LogP contribution in [0.1, 0.15) is 18.9 Å². The van der Waals surface area contributed by atoms with Crippen LogP contribution >= 0.6 is 0 Å². The fourth-order valence-corrected chi connectivity index (χ4v) is 2.01. The van der Waals surface area contributed by atoms with Gasteiger partial charge < -0.3 is 15.2 Å². The number of ether oxygens (including phenoxy) is 1. The highest BCUT2D eigenvalue weighted by molar-refractivity contribution is 6.25. The standard InChI is InChI=1S/C15H18N2O3/c1-3-12(18)13(15-16-8-9-17-15)14(19)10-4-6-11(20-2)7-5-10/h4-7,19H,3,8-9H2,1-2H3,(H,16,17)/b14-13-. The van der Waals surface area contributed by atoms with Crippen LogP contribution in [0.4, 0.5) is 0 Å². The van der Waals surface area contributed by atoms with Gasteiger partial charge in [0.1, 0.15) is 22.9 Å². The third-order valence-electron chi connectivity index (χ3n) is 3.11. The largest absolute Gasteiger partial charge is 0.506 e. The normalized spacial score (nSPS) is 15.2. The van der Waals surface area contributed by atoms with Crippen LogP contribution in [0.15, 0.2) is 34.8 Å². The maximum atomic E-state index is 12.1. The Bertz CT molecular complexity index is 559. The minimum atomic E-state index is -0.133. The van der Waals surface area contributed by atoms with E-state index in [1.165, 1.54) is 0 Å². The van der Waals surface area contributed by atoms with Gasteiger partial charge >= 0.3 is 0 Å². The van der Waals surface area contributed by atoms with Crippen LogP contribution in [-0.2, 0) is 4.79 Å². The highest BCUT2D eigenvalue weighted by Gasteiger charge is 2.22. The summed E-state index contributed by atoms with van der Waals surface area (Å²) in [5.74, 6) is 0.991. The monoisotopic (exact) mass is 274 g/mol. The molecule has 0 saturated heterocycles. The number of benzene rings is 1. The van der Waals surface area contributed by atoms with Crippen molar-refractivity contribution >= 4 is 17.4 Å². The molecule has 0 spiro atoms. The second-order valence-electron chi connectivity index (χ2n) is 4.39. The maximum absolute atomic E-state index is 12.1. The Balaban J connectivity index is 2.44. The first-order valence-electron chi connectivity index (χ1n) is 6.57. The van der Waals surface area contributed by atoms with E-state index in [2.05, 4.69) is 10.3 Å². The summed E-state index contributed by atoms with van der Waals surface area (Å²) >= 11 is 0. The summed E-state index contributed by atoms with van der Waals surface area (Å²) in [4.78, 5) is 16.3. The second-order valence-corrected chi connectivity index (χ2v) is 4.39. The van der Waals surface area contributed by atoms with Crippen LogP contribution in [0.2, 0.25) is 0 Å². The molecule has 0 unspecified atom stereocenters. The fraction of sp³-hybridized carbons (Fsp3) is 0.333. The van der Waals surface area contributed by atoms with Gasteiger partial charge in [0.05, 0.1) is 13.7 Å². The number of carbonyl (C=O) groups is 1. The molecule has 5 nitrogen and oxygen atoms in total. The molecule has 1 aromatic carbocycles. The number of amidine groups is 1. The molecule has 0 aromatic heterocycles. The topological polar surface area (TPSA) is 70.9 Å². The van der Waals surface area contributed by atoms with E-state index < -0.39 is 0 Å². The van der Waals surface area contributed by atoms with Gasteiger partial charge in [-0.1, -0.05) is 6.92 Å². The minimum Gasteiger partial charge on any atom is -0.506 e. The molecule has 20 heavy (non-hydrogen) atoms. The van der Waals surface area contributed by atoms with Gasteiger partial charge in [0, 0.05) is 18.5 Å². The van der Waals surface area contributed by atoms with Crippen LogP contribution in [0.5, 0.6) is 5.75 Å². The van der Waals surface area contributed by atoms with Crippen LogP contribution < -0.4 is 10.1 Å². The lowest BCUT2D eigenvalue weighted by Crippen LogP contribution is -2.25. The van der Waals surface area contributed by atoms with Gasteiger partial charge in [0.2, 0.25) is 0 Å². The number of carbonyl (C=O) groups excluding carboxylic acids is 1. The van der Waals surface area contributed by atoms with Crippen molar-refractivity contribution in [3.05, 3.63) is 35.4 Å². The fourth-order valence-electron chi connectivity index (χ4n) is 2.01. The first-order valence-corrected chi connectivity index (χ1v) is 6.57. The van der Waals surface area contributed by atoms with E-state index in [0.717, 1.165) is 0 Å². The molecule has 0 saturated carbocycles. The Hall–Kier alpha value is -2.30. The summed E-state index contributed by atoms with van der Waals surface area (Å²) in [5, 5.41) is 13.4. The first kappa shape index (κ1) is 14.1. The molecule has 2 rings (SSSR count). The number of hydrogen-bond donors (Lipinski definition) is 2. The van der Waals surface area contributed by atoms with Gasteiger partial charge in [-0.05, 0) is 24.3 Å². The zero-order chi connectivity index (χ0) is 14.5. The number of aliphatic imine (C=N–C) groups is 1. The lowest BCUT2D eigenvalue weighted by molar-refractivity contribution is -0.114. The molecule has 1 aliphatic heterocycles. The van der Waals surface area contributed by atoms with Crippen molar-refractivity contribution in [2.45, 2.75) is 13.3 Å². The molecule has 1 heterocycles. The molecule has 0 amide bonds. The highest BCUT2D eigenvalue weighted by atomic mass is 16.5. The van der Waals surface area contributed by atoms with E-state index >= 15 is 0 Å². The van der Waals surface area contributed by atoms with Crippen LogP contribution in [0, 0.1) is 0 Å². The van der Waals surface area contributed by atoms with Gasteiger partial charge in [0.25, 0.3) is 0 Å². The second kappa shape index (κ2) is 6.23. The molecule has 0 bridgehead atoms. The highest BCUT2D eigenvalue weighted by Crippen LogP contribution is 2.22. The quantitative estimate of drug-likeness (QED) is 0.636. The summed E-state index contributed by atoms with van der Waals surface area (Å²) in [6.45, 7) is 3.07. The molecule has 0 radical (unpaired) electrons. The van der Waals surface area contributed by atoms with Gasteiger partial charge in [-0.2, -0.15) is 0 Å². The SMILES string of the molecule is CCC(=O)/C(C1=NCCN1)=C(/O)c1ccc(OC)cc1. The van der Waals surface area contributed by atoms with Crippen molar-refractivity contribution in [1.29, 1.82) is 0 Å². The predicted octanol–water partition coefficient (Wildman–Crippen LogP) is 1.95. The lowest BCUT2D eigenvalue weighted by atomic mass is 10.0. The maximum Gasteiger partial charge on any atom is 0.170 e. The van der Waals surface area contributed by atoms with Gasteiger partial charge in [-0.3, -0.25) is 9.79 Å². The van der Waals surface area contributed by atoms with E-state index in [4.69, 9.17) is 4.74 Å². The first-order chi connectivity index (χ1) is 9.67. The number of rotatable bonds is 5. The molecular formula is C15H18N2O3. The number of nitrogens with one attached hydrogen (secondary N) is 1. The third-order valence-corrected chi connectivity index (χ3v) is 3.11. The van der Waals surface area contributed by atoms with Crippen molar-refractivity contribution in [1.82, 2.24) is 5.32 Å². The van der Waals surface area contributed by atoms with Crippen LogP contribution in [0.3, 0.4) is 0 Å². The molecule has 0 atom stereocenters. The third kappa shape index (κ3) is 2.82. The Morgan fingerprint density at radius 1 is 1.40 bits per heavy atom. The van der Waals surface area contributed by atoms with Crippen LogP contribution in [0.25, 0.3) is 5.76 Å². The van der Waals surface area contributed by atoms with Crippen molar-refractivity contribution in [3.63, 3.8) is 0 Å². The molecule has 0 fully saturated rings. The van der Waals surface area contributed by atoms with Gasteiger partial charge in [-0.15, -0.1) is 0 Å². The number of aliphatic hydroxyl groups is 1. The Morgan fingerprint density at radius 2 is 2.10 bits per heavy atom. The van der Waals surface area contributed by atoms with Gasteiger partial charge in [-0.25, -0.2) is 0 Å². The number of nitrogens with zero attached hydrogens (tertiary/aromatic N) is 1. The summed E-state index contributed by atoms with van der Waals surface area (Å²) in [6, 6.07) is 6.91. The smallest absolute Gasteiger partial charge is 0.170 e. The van der Waals surface area contributed by atoms with E-state index in [1.807, 2.05) is 0 Å². The number of hydrogen-bond acceptors (Lipinski definition) is 5. The Morgan fingerprint density at radius 3 is 2.60 bits per heavy atom.